The third kappa shape index (κ3) is 4.14. The van der Waals surface area contributed by atoms with Crippen LogP contribution in [0.15, 0.2) is 51.9 Å². The van der Waals surface area contributed by atoms with Crippen LogP contribution in [0.4, 0.5) is 5.82 Å². The van der Waals surface area contributed by atoms with Gasteiger partial charge in [-0.2, -0.15) is 0 Å². The zero-order valence-electron chi connectivity index (χ0n) is 18.0. The molecule has 0 N–H and O–H groups in total. The number of hydrogen-bond donors (Lipinski definition) is 0. The summed E-state index contributed by atoms with van der Waals surface area (Å²) in [6.45, 7) is 3.06. The molecule has 3 aromatic rings. The Morgan fingerprint density at radius 3 is 2.44 bits per heavy atom. The first-order valence-electron chi connectivity index (χ1n) is 9.47. The van der Waals surface area contributed by atoms with Gasteiger partial charge in [0.15, 0.2) is 5.82 Å². The van der Waals surface area contributed by atoms with Crippen LogP contribution in [0.2, 0.25) is 0 Å². The van der Waals surface area contributed by atoms with Gasteiger partial charge in [0.2, 0.25) is 0 Å². The van der Waals surface area contributed by atoms with Gasteiger partial charge in [-0.1, -0.05) is 35.5 Å². The Kier molecular flexibility index (Phi) is 6.75. The van der Waals surface area contributed by atoms with Crippen LogP contribution in [0.1, 0.15) is 32.0 Å². The highest BCUT2D eigenvalue weighted by Gasteiger charge is 2.32. The van der Waals surface area contributed by atoms with Crippen molar-refractivity contribution < 1.29 is 32.0 Å². The number of aldehydes is 1. The van der Waals surface area contributed by atoms with E-state index in [-0.39, 0.29) is 34.1 Å². The van der Waals surface area contributed by atoms with E-state index < -0.39 is 16.0 Å². The standard InChI is InChI=1S/C22H22N2O7S/c1-14-15(2)31-23-21(14)24(13-29-3)32(27,28)20-8-6-5-7-18(20)17-10-9-16(12-25)11-19(17)22(26)30-4/h5-12H,13H2,1-4H3. The Hall–Kier alpha value is -3.50. The zero-order valence-corrected chi connectivity index (χ0v) is 18.8. The topological polar surface area (TPSA) is 116 Å². The summed E-state index contributed by atoms with van der Waals surface area (Å²) in [6.07, 6.45) is 0.592. The lowest BCUT2D eigenvalue weighted by molar-refractivity contribution is 0.0601. The van der Waals surface area contributed by atoms with Gasteiger partial charge in [0.05, 0.1) is 17.6 Å². The molecule has 3 rings (SSSR count). The number of anilines is 1. The van der Waals surface area contributed by atoms with Crippen LogP contribution in [-0.4, -0.2) is 46.8 Å². The predicted octanol–water partition coefficient (Wildman–Crippen LogP) is 3.36. The van der Waals surface area contributed by atoms with Gasteiger partial charge in [-0.25, -0.2) is 17.5 Å². The van der Waals surface area contributed by atoms with E-state index in [9.17, 15) is 18.0 Å². The molecule has 168 valence electrons. The molecule has 0 unspecified atom stereocenters. The summed E-state index contributed by atoms with van der Waals surface area (Å²) in [5.41, 5.74) is 1.42. The van der Waals surface area contributed by atoms with Crippen LogP contribution in [-0.2, 0) is 19.5 Å². The summed E-state index contributed by atoms with van der Waals surface area (Å²) in [5.74, 6) is -0.127. The third-order valence-electron chi connectivity index (χ3n) is 4.95. The molecule has 0 aliphatic rings. The molecule has 0 radical (unpaired) electrons. The number of rotatable bonds is 8. The van der Waals surface area contributed by atoms with Gasteiger partial charge >= 0.3 is 5.97 Å². The first-order valence-corrected chi connectivity index (χ1v) is 10.9. The smallest absolute Gasteiger partial charge is 0.338 e. The molecule has 0 atom stereocenters. The first kappa shape index (κ1) is 23.2. The van der Waals surface area contributed by atoms with Crippen LogP contribution in [0.3, 0.4) is 0 Å². The van der Waals surface area contributed by atoms with Crippen molar-refractivity contribution >= 4 is 28.1 Å². The highest BCUT2D eigenvalue weighted by atomic mass is 32.2. The SMILES string of the molecule is COCN(c1noc(C)c1C)S(=O)(=O)c1ccccc1-c1ccc(C=O)cc1C(=O)OC. The summed E-state index contributed by atoms with van der Waals surface area (Å²) in [5, 5.41) is 3.89. The van der Waals surface area contributed by atoms with Crippen molar-refractivity contribution in [3.05, 3.63) is 64.9 Å². The molecule has 0 bridgehead atoms. The lowest BCUT2D eigenvalue weighted by Gasteiger charge is -2.23. The number of esters is 1. The van der Waals surface area contributed by atoms with Crippen LogP contribution < -0.4 is 4.31 Å². The van der Waals surface area contributed by atoms with Crippen molar-refractivity contribution in [2.24, 2.45) is 0 Å². The number of hydrogen-bond acceptors (Lipinski definition) is 8. The number of nitrogens with zero attached hydrogens (tertiary/aromatic N) is 2. The Bertz CT molecular complexity index is 1270. The molecule has 2 aromatic carbocycles. The minimum absolute atomic E-state index is 0.0616. The van der Waals surface area contributed by atoms with Crippen molar-refractivity contribution in [1.29, 1.82) is 0 Å². The molecule has 9 nitrogen and oxygen atoms in total. The fraction of sp³-hybridized carbons (Fsp3) is 0.227. The van der Waals surface area contributed by atoms with Gasteiger partial charge < -0.3 is 14.0 Å². The fourth-order valence-electron chi connectivity index (χ4n) is 3.18. The van der Waals surface area contributed by atoms with E-state index in [2.05, 4.69) is 5.16 Å². The number of aryl methyl sites for hydroxylation is 1. The van der Waals surface area contributed by atoms with Crippen molar-refractivity contribution in [2.45, 2.75) is 18.7 Å². The number of aromatic nitrogens is 1. The van der Waals surface area contributed by atoms with Crippen LogP contribution >= 0.6 is 0 Å². The maximum atomic E-state index is 13.7. The molecular weight excluding hydrogens is 436 g/mol. The second-order valence-electron chi connectivity index (χ2n) is 6.87. The average Bonchev–Trinajstić information content (AvgIpc) is 3.14. The number of methoxy groups -OCH3 is 2. The van der Waals surface area contributed by atoms with E-state index >= 15 is 0 Å². The molecule has 0 saturated carbocycles. The van der Waals surface area contributed by atoms with E-state index in [1.165, 1.54) is 38.5 Å². The van der Waals surface area contributed by atoms with E-state index in [0.29, 0.717) is 23.2 Å². The molecule has 1 heterocycles. The molecule has 10 heteroatoms. The number of benzene rings is 2. The molecule has 1 aromatic heterocycles. The van der Waals surface area contributed by atoms with Gasteiger partial charge in [0.25, 0.3) is 10.0 Å². The van der Waals surface area contributed by atoms with Gasteiger partial charge in [0, 0.05) is 23.8 Å². The second-order valence-corrected chi connectivity index (χ2v) is 8.70. The van der Waals surface area contributed by atoms with Crippen LogP contribution in [0.25, 0.3) is 11.1 Å². The average molecular weight is 458 g/mol. The summed E-state index contributed by atoms with van der Waals surface area (Å²) < 4.78 is 43.6. The highest BCUT2D eigenvalue weighted by molar-refractivity contribution is 7.93. The first-order chi connectivity index (χ1) is 15.3. The Morgan fingerprint density at radius 2 is 1.84 bits per heavy atom. The van der Waals surface area contributed by atoms with Gasteiger partial charge in [-0.3, -0.25) is 4.79 Å². The predicted molar refractivity (Wildman–Crippen MR) is 116 cm³/mol. The normalized spacial score (nSPS) is 11.2. The Balaban J connectivity index is 2.25. The summed E-state index contributed by atoms with van der Waals surface area (Å²) in [4.78, 5) is 23.5. The van der Waals surface area contributed by atoms with Crippen molar-refractivity contribution in [3.63, 3.8) is 0 Å². The van der Waals surface area contributed by atoms with Gasteiger partial charge in [0.1, 0.15) is 18.8 Å². The molecule has 0 aliphatic carbocycles. The summed E-state index contributed by atoms with van der Waals surface area (Å²) >= 11 is 0. The van der Waals surface area contributed by atoms with Crippen LogP contribution in [0.5, 0.6) is 0 Å². The van der Waals surface area contributed by atoms with E-state index in [4.69, 9.17) is 14.0 Å². The molecule has 0 saturated heterocycles. The fourth-order valence-corrected chi connectivity index (χ4v) is 4.77. The summed E-state index contributed by atoms with van der Waals surface area (Å²) in [6, 6.07) is 10.6. The van der Waals surface area contributed by atoms with E-state index in [1.807, 2.05) is 0 Å². The maximum Gasteiger partial charge on any atom is 0.338 e. The van der Waals surface area contributed by atoms with Gasteiger partial charge in [-0.05, 0) is 31.5 Å². The van der Waals surface area contributed by atoms with Crippen molar-refractivity contribution in [3.8, 4) is 11.1 Å². The van der Waals surface area contributed by atoms with E-state index in [1.54, 1.807) is 32.0 Å². The lowest BCUT2D eigenvalue weighted by atomic mass is 9.97. The highest BCUT2D eigenvalue weighted by Crippen LogP contribution is 2.35. The lowest BCUT2D eigenvalue weighted by Crippen LogP contribution is -2.34. The number of sulfonamides is 1. The molecular formula is C22H22N2O7S. The summed E-state index contributed by atoms with van der Waals surface area (Å²) in [7, 11) is -1.63. The minimum atomic E-state index is -4.20. The molecule has 0 spiro atoms. The quantitative estimate of drug-likeness (QED) is 0.287. The second kappa shape index (κ2) is 9.33. The molecule has 0 fully saturated rings. The minimum Gasteiger partial charge on any atom is -0.465 e. The molecule has 0 aliphatic heterocycles. The maximum absolute atomic E-state index is 13.7. The molecule has 0 amide bonds. The zero-order chi connectivity index (χ0) is 23.5. The van der Waals surface area contributed by atoms with Crippen molar-refractivity contribution in [2.75, 3.05) is 25.3 Å². The molecule has 32 heavy (non-hydrogen) atoms. The number of ether oxygens (including phenoxy) is 2. The van der Waals surface area contributed by atoms with Gasteiger partial charge in [-0.15, -0.1) is 0 Å². The Labute approximate surface area is 185 Å². The Morgan fingerprint density at radius 1 is 1.12 bits per heavy atom. The number of carbonyl (C=O) groups excluding carboxylic acids is 2. The monoisotopic (exact) mass is 458 g/mol. The van der Waals surface area contributed by atoms with Crippen molar-refractivity contribution in [1.82, 2.24) is 5.16 Å². The van der Waals surface area contributed by atoms with Crippen LogP contribution in [0, 0.1) is 13.8 Å². The van der Waals surface area contributed by atoms with E-state index in [0.717, 1.165) is 4.31 Å². The third-order valence-corrected chi connectivity index (χ3v) is 6.72. The number of carbonyl (C=O) groups is 2. The largest absolute Gasteiger partial charge is 0.465 e.